The lowest BCUT2D eigenvalue weighted by molar-refractivity contribution is -0.131. The molecule has 0 aliphatic rings. The first kappa shape index (κ1) is 24.3. The molecule has 0 unspecified atom stereocenters. The minimum Gasteiger partial charge on any atom is -0.493 e. The Kier molecular flexibility index (Phi) is 7.45. The second-order valence-corrected chi connectivity index (χ2v) is 7.58. The zero-order valence-corrected chi connectivity index (χ0v) is 19.6. The van der Waals surface area contributed by atoms with Crippen molar-refractivity contribution in [1.82, 2.24) is 14.8 Å². The Labute approximate surface area is 206 Å². The Balaban J connectivity index is 1.42. The van der Waals surface area contributed by atoms with E-state index < -0.39 is 5.97 Å². The van der Waals surface area contributed by atoms with Crippen LogP contribution in [-0.2, 0) is 18.0 Å². The van der Waals surface area contributed by atoms with Crippen LogP contribution < -0.4 is 14.2 Å². The van der Waals surface area contributed by atoms with Gasteiger partial charge in [0.15, 0.2) is 17.8 Å². The smallest absolute Gasteiger partial charge is 0.328 e. The Hall–Kier alpha value is -4.86. The van der Waals surface area contributed by atoms with Crippen LogP contribution in [0.15, 0.2) is 65.2 Å². The first-order valence-electron chi connectivity index (χ1n) is 10.9. The van der Waals surface area contributed by atoms with Gasteiger partial charge in [-0.3, -0.25) is 4.79 Å². The number of nitrogens with zero attached hydrogens (tertiary/aromatic N) is 3. The third-order valence-corrected chi connectivity index (χ3v) is 5.10. The molecule has 0 aliphatic carbocycles. The number of hydrogen-bond acceptors (Lipinski definition) is 8. The normalized spacial score (nSPS) is 10.9. The molecule has 2 aromatic heterocycles. The average Bonchev–Trinajstić information content (AvgIpc) is 3.48. The van der Waals surface area contributed by atoms with Gasteiger partial charge in [0.25, 0.3) is 0 Å². The van der Waals surface area contributed by atoms with Crippen molar-refractivity contribution < 1.29 is 33.3 Å². The number of carboxylic acids is 1. The van der Waals surface area contributed by atoms with Gasteiger partial charge < -0.3 is 23.7 Å². The van der Waals surface area contributed by atoms with Crippen molar-refractivity contribution in [3.05, 3.63) is 89.3 Å². The summed E-state index contributed by atoms with van der Waals surface area (Å²) in [6, 6.07) is 14.7. The number of ether oxygens (including phenoxy) is 3. The van der Waals surface area contributed by atoms with Gasteiger partial charge in [-0.05, 0) is 36.8 Å². The first-order chi connectivity index (χ1) is 17.5. The molecule has 0 radical (unpaired) electrons. The van der Waals surface area contributed by atoms with E-state index in [0.29, 0.717) is 34.8 Å². The topological polar surface area (TPSA) is 126 Å². The SMILES string of the molecule is COc1cc(COc2nn(-c3ccccc3)cc2C=O)ccc1OCc1nc(/C=C/C(=O)O)oc1C. The van der Waals surface area contributed by atoms with Crippen LogP contribution in [0, 0.1) is 6.92 Å². The van der Waals surface area contributed by atoms with Gasteiger partial charge in [0.1, 0.15) is 24.7 Å². The van der Waals surface area contributed by atoms with Gasteiger partial charge in [0.2, 0.25) is 11.8 Å². The maximum atomic E-state index is 11.5. The Morgan fingerprint density at radius 3 is 2.64 bits per heavy atom. The number of oxazole rings is 1. The maximum Gasteiger partial charge on any atom is 0.328 e. The average molecular weight is 489 g/mol. The molecule has 0 fully saturated rings. The molecule has 0 amide bonds. The number of rotatable bonds is 11. The second-order valence-electron chi connectivity index (χ2n) is 7.58. The third kappa shape index (κ3) is 5.79. The van der Waals surface area contributed by atoms with Crippen molar-refractivity contribution >= 4 is 18.3 Å². The number of carbonyl (C=O) groups excluding carboxylic acids is 1. The molecular formula is C26H23N3O7. The molecule has 1 N–H and O–H groups in total. The van der Waals surface area contributed by atoms with Crippen molar-refractivity contribution in [2.24, 2.45) is 0 Å². The summed E-state index contributed by atoms with van der Waals surface area (Å²) in [5, 5.41) is 13.1. The molecule has 0 atom stereocenters. The van der Waals surface area contributed by atoms with E-state index in [1.165, 1.54) is 13.2 Å². The van der Waals surface area contributed by atoms with Crippen LogP contribution in [0.25, 0.3) is 11.8 Å². The van der Waals surface area contributed by atoms with E-state index in [4.69, 9.17) is 23.7 Å². The van der Waals surface area contributed by atoms with Gasteiger partial charge in [0, 0.05) is 18.3 Å². The number of carbonyl (C=O) groups is 2. The number of aliphatic carboxylic acids is 1. The molecule has 2 heterocycles. The molecular weight excluding hydrogens is 466 g/mol. The van der Waals surface area contributed by atoms with Crippen molar-refractivity contribution in [2.45, 2.75) is 20.1 Å². The van der Waals surface area contributed by atoms with E-state index >= 15 is 0 Å². The van der Waals surface area contributed by atoms with Crippen molar-refractivity contribution in [3.8, 4) is 23.1 Å². The number of para-hydroxylation sites is 1. The van der Waals surface area contributed by atoms with E-state index in [1.807, 2.05) is 36.4 Å². The fourth-order valence-electron chi connectivity index (χ4n) is 3.29. The fourth-order valence-corrected chi connectivity index (χ4v) is 3.29. The monoisotopic (exact) mass is 489 g/mol. The summed E-state index contributed by atoms with van der Waals surface area (Å²) < 4.78 is 24.1. The highest BCUT2D eigenvalue weighted by Crippen LogP contribution is 2.30. The third-order valence-electron chi connectivity index (χ3n) is 5.10. The van der Waals surface area contributed by atoms with Crippen LogP contribution in [0.2, 0.25) is 0 Å². The second kappa shape index (κ2) is 11.0. The molecule has 0 saturated carbocycles. The standard InChI is InChI=1S/C26H23N3O7/c1-17-21(27-24(36-17)10-11-25(31)32)16-34-22-9-8-18(12-23(22)33-2)15-35-26-19(14-30)13-29(28-26)20-6-4-3-5-7-20/h3-14H,15-16H2,1-2H3,(H,31,32)/b11-10+. The summed E-state index contributed by atoms with van der Waals surface area (Å²) in [5.41, 5.74) is 2.46. The molecule has 36 heavy (non-hydrogen) atoms. The minimum atomic E-state index is -1.09. The number of carboxylic acid groups (broad SMARTS) is 1. The van der Waals surface area contributed by atoms with E-state index in [9.17, 15) is 9.59 Å². The molecule has 10 nitrogen and oxygen atoms in total. The number of benzene rings is 2. The van der Waals surface area contributed by atoms with E-state index in [-0.39, 0.29) is 25.0 Å². The quantitative estimate of drug-likeness (QED) is 0.243. The lowest BCUT2D eigenvalue weighted by Gasteiger charge is -2.12. The van der Waals surface area contributed by atoms with E-state index in [0.717, 1.165) is 17.3 Å². The van der Waals surface area contributed by atoms with Crippen molar-refractivity contribution in [3.63, 3.8) is 0 Å². The van der Waals surface area contributed by atoms with Crippen LogP contribution in [0.1, 0.15) is 33.3 Å². The lowest BCUT2D eigenvalue weighted by Crippen LogP contribution is -2.02. The molecule has 0 aliphatic heterocycles. The van der Waals surface area contributed by atoms with E-state index in [2.05, 4.69) is 10.1 Å². The lowest BCUT2D eigenvalue weighted by atomic mass is 10.2. The summed E-state index contributed by atoms with van der Waals surface area (Å²) in [4.78, 5) is 26.4. The Morgan fingerprint density at radius 1 is 1.11 bits per heavy atom. The fraction of sp³-hybridized carbons (Fsp3) is 0.154. The first-order valence-corrected chi connectivity index (χ1v) is 10.9. The number of aldehydes is 1. The largest absolute Gasteiger partial charge is 0.493 e. The highest BCUT2D eigenvalue weighted by Gasteiger charge is 2.14. The van der Waals surface area contributed by atoms with Crippen molar-refractivity contribution in [1.29, 1.82) is 0 Å². The molecule has 10 heteroatoms. The maximum absolute atomic E-state index is 11.5. The summed E-state index contributed by atoms with van der Waals surface area (Å²) in [5.74, 6) is 0.788. The highest BCUT2D eigenvalue weighted by atomic mass is 16.5. The van der Waals surface area contributed by atoms with Gasteiger partial charge in [0.05, 0.1) is 18.4 Å². The minimum absolute atomic E-state index is 0.0993. The van der Waals surface area contributed by atoms with Crippen LogP contribution in [-0.4, -0.2) is 39.2 Å². The summed E-state index contributed by atoms with van der Waals surface area (Å²) in [6.45, 7) is 1.97. The highest BCUT2D eigenvalue weighted by molar-refractivity contribution is 5.84. The summed E-state index contributed by atoms with van der Waals surface area (Å²) >= 11 is 0. The van der Waals surface area contributed by atoms with Gasteiger partial charge >= 0.3 is 5.97 Å². The van der Waals surface area contributed by atoms with Gasteiger partial charge in [-0.15, -0.1) is 5.10 Å². The zero-order chi connectivity index (χ0) is 25.5. The van der Waals surface area contributed by atoms with Crippen LogP contribution in [0.3, 0.4) is 0 Å². The van der Waals surface area contributed by atoms with Gasteiger partial charge in [-0.2, -0.15) is 0 Å². The van der Waals surface area contributed by atoms with E-state index in [1.54, 1.807) is 29.9 Å². The molecule has 0 saturated heterocycles. The molecule has 4 rings (SSSR count). The van der Waals surface area contributed by atoms with Crippen molar-refractivity contribution in [2.75, 3.05) is 7.11 Å². The molecule has 2 aromatic carbocycles. The van der Waals surface area contributed by atoms with Crippen LogP contribution in [0.5, 0.6) is 17.4 Å². The Morgan fingerprint density at radius 2 is 1.92 bits per heavy atom. The number of aryl methyl sites for hydroxylation is 1. The molecule has 0 spiro atoms. The molecule has 0 bridgehead atoms. The van der Waals surface area contributed by atoms with Gasteiger partial charge in [-0.1, -0.05) is 24.3 Å². The number of methoxy groups -OCH3 is 1. The number of aromatic nitrogens is 3. The van der Waals surface area contributed by atoms with Crippen LogP contribution in [0.4, 0.5) is 0 Å². The molecule has 184 valence electrons. The summed E-state index contributed by atoms with van der Waals surface area (Å²) in [6.07, 6.45) is 4.54. The predicted molar refractivity (Wildman–Crippen MR) is 129 cm³/mol. The molecule has 4 aromatic rings. The number of hydrogen-bond donors (Lipinski definition) is 1. The van der Waals surface area contributed by atoms with Gasteiger partial charge in [-0.25, -0.2) is 14.5 Å². The summed E-state index contributed by atoms with van der Waals surface area (Å²) in [7, 11) is 1.52. The zero-order valence-electron chi connectivity index (χ0n) is 19.6. The van der Waals surface area contributed by atoms with Crippen LogP contribution >= 0.6 is 0 Å². The Bertz CT molecular complexity index is 1390. The predicted octanol–water partition coefficient (Wildman–Crippen LogP) is 4.25.